The van der Waals surface area contributed by atoms with Crippen molar-refractivity contribution in [3.63, 3.8) is 0 Å². The molecule has 1 amide bonds. The number of nitrogens with one attached hydrogen (secondary N) is 2. The number of rotatable bonds is 6. The molecule has 0 bridgehead atoms. The highest BCUT2D eigenvalue weighted by molar-refractivity contribution is 7.14. The van der Waals surface area contributed by atoms with E-state index in [0.29, 0.717) is 16.4 Å². The maximum Gasteiger partial charge on any atom is 0.260 e. The Morgan fingerprint density at radius 1 is 1.52 bits per heavy atom. The van der Waals surface area contributed by atoms with E-state index in [-0.39, 0.29) is 11.9 Å². The van der Waals surface area contributed by atoms with Crippen LogP contribution in [0.4, 0.5) is 5.13 Å². The standard InChI is InChI=1S/C14H21N5OS/c1-5-6-15-10(3)12-8-21-14(16-12)17-13(20)11-7-19(4)18-9(11)2/h7-8,10,15H,5-6H2,1-4H3,(H,16,17,20). The first kappa shape index (κ1) is 15.7. The summed E-state index contributed by atoms with van der Waals surface area (Å²) in [7, 11) is 1.80. The molecule has 1 atom stereocenters. The molecule has 2 rings (SSSR count). The Morgan fingerprint density at radius 2 is 2.29 bits per heavy atom. The number of carbonyl (C=O) groups is 1. The van der Waals surface area contributed by atoms with Gasteiger partial charge in [-0.15, -0.1) is 11.3 Å². The fourth-order valence-corrected chi connectivity index (χ4v) is 2.79. The average Bonchev–Trinajstić information content (AvgIpc) is 3.02. The van der Waals surface area contributed by atoms with Crippen LogP contribution in [0, 0.1) is 6.92 Å². The molecule has 1 unspecified atom stereocenters. The number of thiazole rings is 1. The second-order valence-electron chi connectivity index (χ2n) is 5.01. The van der Waals surface area contributed by atoms with Gasteiger partial charge < -0.3 is 5.32 Å². The monoisotopic (exact) mass is 307 g/mol. The number of hydrogen-bond acceptors (Lipinski definition) is 5. The van der Waals surface area contributed by atoms with Gasteiger partial charge in [-0.2, -0.15) is 5.10 Å². The fraction of sp³-hybridized carbons (Fsp3) is 0.500. The Bertz CT molecular complexity index is 619. The van der Waals surface area contributed by atoms with Crippen molar-refractivity contribution in [3.8, 4) is 0 Å². The van der Waals surface area contributed by atoms with Gasteiger partial charge in [0, 0.05) is 24.7 Å². The lowest BCUT2D eigenvalue weighted by molar-refractivity contribution is 0.102. The lowest BCUT2D eigenvalue weighted by Crippen LogP contribution is -2.19. The van der Waals surface area contributed by atoms with Crippen LogP contribution < -0.4 is 10.6 Å². The molecule has 6 nitrogen and oxygen atoms in total. The number of aryl methyl sites for hydroxylation is 2. The summed E-state index contributed by atoms with van der Waals surface area (Å²) in [5.74, 6) is -0.171. The third-order valence-corrected chi connectivity index (χ3v) is 3.92. The number of hydrogen-bond donors (Lipinski definition) is 2. The third-order valence-electron chi connectivity index (χ3n) is 3.14. The van der Waals surface area contributed by atoms with Gasteiger partial charge in [-0.1, -0.05) is 6.92 Å². The minimum atomic E-state index is -0.171. The van der Waals surface area contributed by atoms with Gasteiger partial charge in [0.15, 0.2) is 5.13 Å². The number of nitrogens with zero attached hydrogens (tertiary/aromatic N) is 3. The van der Waals surface area contributed by atoms with Crippen LogP contribution in [0.25, 0.3) is 0 Å². The van der Waals surface area contributed by atoms with Gasteiger partial charge in [0.05, 0.1) is 17.0 Å². The SMILES string of the molecule is CCCNC(C)c1csc(NC(=O)c2cn(C)nc2C)n1. The van der Waals surface area contributed by atoms with Crippen molar-refractivity contribution in [3.05, 3.63) is 28.5 Å². The molecule has 2 heterocycles. The summed E-state index contributed by atoms with van der Waals surface area (Å²) in [5, 5.41) is 13.0. The summed E-state index contributed by atoms with van der Waals surface area (Å²) in [5.41, 5.74) is 2.24. The summed E-state index contributed by atoms with van der Waals surface area (Å²) in [6.07, 6.45) is 2.79. The van der Waals surface area contributed by atoms with Crippen molar-refractivity contribution in [1.82, 2.24) is 20.1 Å². The van der Waals surface area contributed by atoms with Crippen LogP contribution in [0.15, 0.2) is 11.6 Å². The highest BCUT2D eigenvalue weighted by Crippen LogP contribution is 2.21. The molecule has 2 N–H and O–H groups in total. The molecule has 0 spiro atoms. The molecule has 0 fully saturated rings. The van der Waals surface area contributed by atoms with E-state index < -0.39 is 0 Å². The van der Waals surface area contributed by atoms with Crippen LogP contribution in [-0.4, -0.2) is 27.2 Å². The average molecular weight is 307 g/mol. The predicted molar refractivity (Wildman–Crippen MR) is 84.7 cm³/mol. The van der Waals surface area contributed by atoms with Crippen molar-refractivity contribution in [2.75, 3.05) is 11.9 Å². The summed E-state index contributed by atoms with van der Waals surface area (Å²) >= 11 is 1.44. The largest absolute Gasteiger partial charge is 0.309 e. The highest BCUT2D eigenvalue weighted by atomic mass is 32.1. The van der Waals surface area contributed by atoms with Gasteiger partial charge in [0.1, 0.15) is 0 Å². The molecule has 0 aliphatic rings. The number of anilines is 1. The molecule has 0 saturated heterocycles. The summed E-state index contributed by atoms with van der Waals surface area (Å²) in [6.45, 7) is 6.97. The first-order valence-electron chi connectivity index (χ1n) is 7.01. The van der Waals surface area contributed by atoms with E-state index in [1.165, 1.54) is 11.3 Å². The minimum Gasteiger partial charge on any atom is -0.309 e. The van der Waals surface area contributed by atoms with E-state index in [1.807, 2.05) is 12.3 Å². The van der Waals surface area contributed by atoms with E-state index in [1.54, 1.807) is 17.9 Å². The summed E-state index contributed by atoms with van der Waals surface area (Å²) in [6, 6.07) is 0.187. The zero-order chi connectivity index (χ0) is 15.4. The zero-order valence-corrected chi connectivity index (χ0v) is 13.6. The number of carbonyl (C=O) groups excluding carboxylic acids is 1. The van der Waals surface area contributed by atoms with E-state index in [0.717, 1.165) is 18.7 Å². The maximum absolute atomic E-state index is 12.2. The van der Waals surface area contributed by atoms with Gasteiger partial charge in [0.25, 0.3) is 5.91 Å². The van der Waals surface area contributed by atoms with Crippen LogP contribution in [0.1, 0.15) is 48.1 Å². The van der Waals surface area contributed by atoms with Crippen LogP contribution in [0.2, 0.25) is 0 Å². The molecule has 0 radical (unpaired) electrons. The molecule has 0 aliphatic heterocycles. The summed E-state index contributed by atoms with van der Waals surface area (Å²) in [4.78, 5) is 16.6. The van der Waals surface area contributed by atoms with E-state index in [2.05, 4.69) is 34.6 Å². The highest BCUT2D eigenvalue weighted by Gasteiger charge is 2.15. The molecular formula is C14H21N5OS. The molecule has 2 aromatic rings. The summed E-state index contributed by atoms with van der Waals surface area (Å²) < 4.78 is 1.63. The first-order chi connectivity index (χ1) is 10.0. The zero-order valence-electron chi connectivity index (χ0n) is 12.8. The topological polar surface area (TPSA) is 71.8 Å². The molecule has 2 aromatic heterocycles. The fourth-order valence-electron chi connectivity index (χ4n) is 1.99. The van der Waals surface area contributed by atoms with Gasteiger partial charge in [-0.05, 0) is 26.8 Å². The number of aromatic nitrogens is 3. The van der Waals surface area contributed by atoms with Gasteiger partial charge in [-0.3, -0.25) is 14.8 Å². The Hall–Kier alpha value is -1.73. The number of amides is 1. The normalized spacial score (nSPS) is 12.4. The predicted octanol–water partition coefficient (Wildman–Crippen LogP) is 2.50. The molecular weight excluding hydrogens is 286 g/mol. The van der Waals surface area contributed by atoms with Gasteiger partial charge >= 0.3 is 0 Å². The first-order valence-corrected chi connectivity index (χ1v) is 7.89. The molecule has 0 saturated carbocycles. The van der Waals surface area contributed by atoms with Gasteiger partial charge in [0.2, 0.25) is 0 Å². The van der Waals surface area contributed by atoms with Crippen molar-refractivity contribution in [2.24, 2.45) is 7.05 Å². The Labute approximate surface area is 128 Å². The van der Waals surface area contributed by atoms with Crippen molar-refractivity contribution < 1.29 is 4.79 Å². The maximum atomic E-state index is 12.2. The second kappa shape index (κ2) is 6.82. The smallest absolute Gasteiger partial charge is 0.260 e. The lowest BCUT2D eigenvalue weighted by atomic mass is 10.2. The van der Waals surface area contributed by atoms with E-state index >= 15 is 0 Å². The Kier molecular flexibility index (Phi) is 5.08. The quantitative estimate of drug-likeness (QED) is 0.860. The molecule has 0 aliphatic carbocycles. The van der Waals surface area contributed by atoms with Crippen molar-refractivity contribution in [1.29, 1.82) is 0 Å². The molecule has 21 heavy (non-hydrogen) atoms. The van der Waals surface area contributed by atoms with Crippen LogP contribution in [0.3, 0.4) is 0 Å². The van der Waals surface area contributed by atoms with E-state index in [4.69, 9.17) is 0 Å². The van der Waals surface area contributed by atoms with Crippen molar-refractivity contribution in [2.45, 2.75) is 33.2 Å². The van der Waals surface area contributed by atoms with E-state index in [9.17, 15) is 4.79 Å². The molecule has 0 aromatic carbocycles. The Morgan fingerprint density at radius 3 is 2.90 bits per heavy atom. The van der Waals surface area contributed by atoms with Crippen LogP contribution in [0.5, 0.6) is 0 Å². The minimum absolute atomic E-state index is 0.171. The Balaban J connectivity index is 2.02. The van der Waals surface area contributed by atoms with Crippen LogP contribution >= 0.6 is 11.3 Å². The second-order valence-corrected chi connectivity index (χ2v) is 5.87. The molecule has 114 valence electrons. The van der Waals surface area contributed by atoms with Crippen LogP contribution in [-0.2, 0) is 7.05 Å². The lowest BCUT2D eigenvalue weighted by Gasteiger charge is -2.09. The third kappa shape index (κ3) is 3.89. The van der Waals surface area contributed by atoms with Gasteiger partial charge in [-0.25, -0.2) is 4.98 Å². The van der Waals surface area contributed by atoms with Crippen molar-refractivity contribution >= 4 is 22.4 Å². The molecule has 7 heteroatoms.